The molecule has 3 aromatic heterocycles. The molecule has 0 radical (unpaired) electrons. The third-order valence-corrected chi connectivity index (χ3v) is 7.20. The molecule has 1 aliphatic rings. The van der Waals surface area contributed by atoms with Gasteiger partial charge in [-0.2, -0.15) is 4.80 Å². The molecule has 3 heterocycles. The largest absolute Gasteiger partial charge is 0.464 e. The Morgan fingerprint density at radius 2 is 1.97 bits per heavy atom. The van der Waals surface area contributed by atoms with Crippen molar-refractivity contribution in [2.24, 2.45) is 0 Å². The number of nitrogens with zero attached hydrogens (tertiary/aromatic N) is 5. The molecule has 1 aromatic carbocycles. The van der Waals surface area contributed by atoms with Gasteiger partial charge >= 0.3 is 0 Å². The second-order valence-electron chi connectivity index (χ2n) is 8.70. The topological polar surface area (TPSA) is 106 Å². The highest BCUT2D eigenvalue weighted by Crippen LogP contribution is 2.31. The van der Waals surface area contributed by atoms with Crippen molar-refractivity contribution in [3.05, 3.63) is 70.5 Å². The molecule has 36 heavy (non-hydrogen) atoms. The van der Waals surface area contributed by atoms with Gasteiger partial charge in [-0.25, -0.2) is 0 Å². The van der Waals surface area contributed by atoms with Crippen molar-refractivity contribution in [2.75, 3.05) is 4.90 Å². The quantitative estimate of drug-likeness (QED) is 0.355. The number of carbonyl (C=O) groups excluding carboxylic acids is 2. The van der Waals surface area contributed by atoms with Gasteiger partial charge in [0.05, 0.1) is 4.88 Å². The normalized spacial score (nSPS) is 14.6. The number of carbonyl (C=O) groups is 2. The van der Waals surface area contributed by atoms with E-state index < -0.39 is 11.9 Å². The summed E-state index contributed by atoms with van der Waals surface area (Å²) in [4.78, 5) is 31.0. The summed E-state index contributed by atoms with van der Waals surface area (Å²) in [6.07, 6.45) is 3.97. The van der Waals surface area contributed by atoms with Crippen LogP contribution in [0.3, 0.4) is 0 Å². The van der Waals surface area contributed by atoms with Crippen LogP contribution in [0.5, 0.6) is 0 Å². The summed E-state index contributed by atoms with van der Waals surface area (Å²) in [6, 6.07) is 13.1. The third kappa shape index (κ3) is 5.34. The molecule has 2 amide bonds. The van der Waals surface area contributed by atoms with E-state index in [1.165, 1.54) is 21.0 Å². The number of hydrogen-bond acceptors (Lipinski definition) is 7. The highest BCUT2D eigenvalue weighted by molar-refractivity contribution is 7.13. The summed E-state index contributed by atoms with van der Waals surface area (Å²) in [5, 5.41) is 18.0. The first kappa shape index (κ1) is 24.2. The van der Waals surface area contributed by atoms with Crippen molar-refractivity contribution in [2.45, 2.75) is 51.2 Å². The van der Waals surface area contributed by atoms with Crippen molar-refractivity contribution in [3.8, 4) is 10.7 Å². The van der Waals surface area contributed by atoms with Crippen molar-refractivity contribution in [3.63, 3.8) is 0 Å². The number of amides is 2. The Bertz CT molecular complexity index is 1330. The van der Waals surface area contributed by atoms with E-state index in [1.807, 2.05) is 17.5 Å². The van der Waals surface area contributed by atoms with Crippen LogP contribution in [0.2, 0.25) is 5.02 Å². The van der Waals surface area contributed by atoms with Gasteiger partial charge in [0.2, 0.25) is 5.82 Å². The van der Waals surface area contributed by atoms with Crippen LogP contribution in [0.1, 0.15) is 43.2 Å². The zero-order valence-electron chi connectivity index (χ0n) is 19.6. The monoisotopic (exact) mass is 524 g/mol. The fourth-order valence-corrected chi connectivity index (χ4v) is 5.15. The van der Waals surface area contributed by atoms with Crippen LogP contribution in [-0.2, 0) is 16.1 Å². The SMILES string of the molecule is Cc1ccc([C@H](C(=O)NC2CCCC2)N(C(=O)Cn2nnc(-c3cccs3)n2)c2ccc(Cl)cc2)o1. The van der Waals surface area contributed by atoms with Crippen LogP contribution < -0.4 is 10.2 Å². The van der Waals surface area contributed by atoms with E-state index in [-0.39, 0.29) is 18.5 Å². The van der Waals surface area contributed by atoms with E-state index in [1.54, 1.807) is 43.3 Å². The van der Waals surface area contributed by atoms with Crippen molar-refractivity contribution >= 4 is 40.4 Å². The summed E-state index contributed by atoms with van der Waals surface area (Å²) in [5.74, 6) is 0.759. The number of benzene rings is 1. The van der Waals surface area contributed by atoms with E-state index in [0.717, 1.165) is 30.6 Å². The van der Waals surface area contributed by atoms with Gasteiger partial charge in [-0.05, 0) is 72.8 Å². The van der Waals surface area contributed by atoms with E-state index in [9.17, 15) is 9.59 Å². The third-order valence-electron chi connectivity index (χ3n) is 6.08. The first-order chi connectivity index (χ1) is 17.5. The summed E-state index contributed by atoms with van der Waals surface area (Å²) in [5.41, 5.74) is 0.503. The Hall–Kier alpha value is -3.50. The predicted molar refractivity (Wildman–Crippen MR) is 137 cm³/mol. The highest BCUT2D eigenvalue weighted by Gasteiger charge is 2.36. The lowest BCUT2D eigenvalue weighted by Gasteiger charge is -2.30. The van der Waals surface area contributed by atoms with Crippen molar-refractivity contribution in [1.29, 1.82) is 0 Å². The van der Waals surface area contributed by atoms with Gasteiger partial charge in [-0.15, -0.1) is 21.5 Å². The summed E-state index contributed by atoms with van der Waals surface area (Å²) >= 11 is 7.61. The minimum atomic E-state index is -1.02. The average Bonchev–Trinajstić information content (AvgIpc) is 3.66. The van der Waals surface area contributed by atoms with Gasteiger partial charge < -0.3 is 9.73 Å². The fourth-order valence-electron chi connectivity index (χ4n) is 4.37. The average molecular weight is 525 g/mol. The first-order valence-electron chi connectivity index (χ1n) is 11.7. The maximum Gasteiger partial charge on any atom is 0.251 e. The number of thiophene rings is 1. The highest BCUT2D eigenvalue weighted by atomic mass is 35.5. The molecule has 0 saturated heterocycles. The molecule has 9 nitrogen and oxygen atoms in total. The molecule has 1 atom stereocenters. The Kier molecular flexibility index (Phi) is 7.15. The minimum Gasteiger partial charge on any atom is -0.464 e. The molecular formula is C25H25ClN6O3S. The standard InChI is InChI=1S/C25H25ClN6O3S/c1-16-8-13-20(35-16)23(25(34)27-18-5-2-3-6-18)32(19-11-9-17(26)10-12-19)22(33)15-31-29-24(28-30-31)21-7-4-14-36-21/h4,7-14,18,23H,2-3,5-6,15H2,1H3,(H,27,34)/t23-/m1/s1. The maximum absolute atomic E-state index is 13.8. The van der Waals surface area contributed by atoms with Crippen LogP contribution >= 0.6 is 22.9 Å². The number of rotatable bonds is 8. The number of aromatic nitrogens is 4. The van der Waals surface area contributed by atoms with Gasteiger partial charge in [0.15, 0.2) is 6.04 Å². The first-order valence-corrected chi connectivity index (χ1v) is 13.0. The second-order valence-corrected chi connectivity index (χ2v) is 10.1. The van der Waals surface area contributed by atoms with E-state index in [0.29, 0.717) is 28.1 Å². The number of aryl methyl sites for hydroxylation is 1. The summed E-state index contributed by atoms with van der Waals surface area (Å²) < 4.78 is 5.88. The van der Waals surface area contributed by atoms with Gasteiger partial charge in [-0.3, -0.25) is 14.5 Å². The number of furan rings is 1. The zero-order valence-corrected chi connectivity index (χ0v) is 21.2. The lowest BCUT2D eigenvalue weighted by atomic mass is 10.1. The number of halogens is 1. The number of hydrogen-bond donors (Lipinski definition) is 1. The van der Waals surface area contributed by atoms with Crippen molar-refractivity contribution in [1.82, 2.24) is 25.5 Å². The smallest absolute Gasteiger partial charge is 0.251 e. The molecule has 0 unspecified atom stereocenters. The molecule has 1 aliphatic carbocycles. The minimum absolute atomic E-state index is 0.0727. The van der Waals surface area contributed by atoms with Gasteiger partial charge in [0, 0.05) is 16.8 Å². The van der Waals surface area contributed by atoms with Crippen LogP contribution in [0, 0.1) is 6.92 Å². The van der Waals surface area contributed by atoms with Gasteiger partial charge in [-0.1, -0.05) is 30.5 Å². The van der Waals surface area contributed by atoms with E-state index >= 15 is 0 Å². The number of nitrogens with one attached hydrogen (secondary N) is 1. The van der Waals surface area contributed by atoms with Crippen LogP contribution in [0.4, 0.5) is 5.69 Å². The van der Waals surface area contributed by atoms with E-state index in [2.05, 4.69) is 20.7 Å². The molecule has 11 heteroatoms. The molecule has 0 spiro atoms. The van der Waals surface area contributed by atoms with Gasteiger partial charge in [0.1, 0.15) is 18.1 Å². The molecule has 1 fully saturated rings. The molecule has 1 N–H and O–H groups in total. The molecule has 186 valence electrons. The molecule has 4 aromatic rings. The Morgan fingerprint density at radius 3 is 2.64 bits per heavy atom. The lowest BCUT2D eigenvalue weighted by Crippen LogP contribution is -2.47. The van der Waals surface area contributed by atoms with Crippen molar-refractivity contribution < 1.29 is 14.0 Å². The summed E-state index contributed by atoms with van der Waals surface area (Å²) in [7, 11) is 0. The Labute approximate surface area is 217 Å². The van der Waals surface area contributed by atoms with E-state index in [4.69, 9.17) is 16.0 Å². The second kappa shape index (κ2) is 10.6. The fraction of sp³-hybridized carbons (Fsp3) is 0.320. The molecule has 0 bridgehead atoms. The van der Waals surface area contributed by atoms with Crippen LogP contribution in [-0.4, -0.2) is 38.1 Å². The number of anilines is 1. The van der Waals surface area contributed by atoms with Gasteiger partial charge in [0.25, 0.3) is 11.8 Å². The Balaban J connectivity index is 1.49. The maximum atomic E-state index is 13.8. The van der Waals surface area contributed by atoms with Crippen LogP contribution in [0.25, 0.3) is 10.7 Å². The predicted octanol–water partition coefficient (Wildman–Crippen LogP) is 4.79. The molecular weight excluding hydrogens is 500 g/mol. The molecule has 5 rings (SSSR count). The zero-order chi connectivity index (χ0) is 25.1. The molecule has 0 aliphatic heterocycles. The molecule has 1 saturated carbocycles. The Morgan fingerprint density at radius 1 is 1.19 bits per heavy atom. The summed E-state index contributed by atoms with van der Waals surface area (Å²) in [6.45, 7) is 1.59. The number of tetrazole rings is 1. The lowest BCUT2D eigenvalue weighted by molar-refractivity contribution is -0.128. The van der Waals surface area contributed by atoms with Crippen LogP contribution in [0.15, 0.2) is 58.3 Å².